The summed E-state index contributed by atoms with van der Waals surface area (Å²) in [5.41, 5.74) is 41.7. The maximum atomic E-state index is 2.50. The van der Waals surface area contributed by atoms with Gasteiger partial charge >= 0.3 is 0 Å². The van der Waals surface area contributed by atoms with Gasteiger partial charge in [-0.25, -0.2) is 0 Å². The van der Waals surface area contributed by atoms with Crippen LogP contribution in [0.2, 0.25) is 0 Å². The van der Waals surface area contributed by atoms with Crippen LogP contribution in [0.1, 0.15) is 99.9 Å². The fraction of sp³-hybridized carbons (Fsp3) is 0.0968. The lowest BCUT2D eigenvalue weighted by molar-refractivity contribution is 0.660. The summed E-state index contributed by atoms with van der Waals surface area (Å²) in [4.78, 5) is 0. The van der Waals surface area contributed by atoms with Crippen molar-refractivity contribution in [2.45, 2.75) is 77.0 Å². The summed E-state index contributed by atoms with van der Waals surface area (Å²) in [6.45, 7) is 19.0. The Labute approximate surface area is 725 Å². The maximum absolute atomic E-state index is 2.50. The van der Waals surface area contributed by atoms with Crippen LogP contribution in [0.25, 0.3) is 209 Å². The number of fused-ring (bicyclic) bond motifs is 19. The van der Waals surface area contributed by atoms with Gasteiger partial charge in [-0.1, -0.05) is 401 Å². The quantitative estimate of drug-likeness (QED) is 0.133. The Kier molecular flexibility index (Phi) is 16.3. The van der Waals surface area contributed by atoms with Crippen LogP contribution in [0.15, 0.2) is 400 Å². The van der Waals surface area contributed by atoms with Crippen molar-refractivity contribution >= 4 is 75.4 Å². The van der Waals surface area contributed by atoms with Crippen molar-refractivity contribution in [3.63, 3.8) is 0 Å². The van der Waals surface area contributed by atoms with E-state index >= 15 is 0 Å². The highest BCUT2D eigenvalue weighted by atomic mass is 14.4. The second-order valence-corrected chi connectivity index (χ2v) is 37.2. The summed E-state index contributed by atoms with van der Waals surface area (Å²) in [5, 5.41) is 17.7. The standard InChI is InChI=1S/C64H46.C60H44/c1-63(2)57-22-11-9-17-49(57)51-31-28-43(37-59(51)63)42-29-33-55-56(36-42)62(46-30-32-52-50-18-10-12-23-58(50)64(3,4)60(52)38-46)54-20-8-7-19-53(54)61(55)45-27-25-40-34-44(26-24-41(40)35-45)48-21-13-15-39-14-5-6-16-47(39)48;1-59(2)53-25-11-9-20-45(53)47-30-27-39(35-55(47)59)38-28-32-51-52(34-38)58(42-29-31-48-46-21-10-12-26-54(46)60(3,4)56(48)36-42)50-23-8-7-22-49(50)57(51)41-18-13-17-40(33-41)44-24-14-16-37-15-5-6-19-43(37)44/h5-38H,1-4H3;5-36H,1-4H3. The fourth-order valence-electron chi connectivity index (χ4n) is 22.8. The zero-order valence-electron chi connectivity index (χ0n) is 71.1. The average Bonchev–Trinajstić information content (AvgIpc) is 1.26. The van der Waals surface area contributed by atoms with Crippen LogP contribution < -0.4 is 0 Å². The molecule has 21 aromatic rings. The third-order valence-electron chi connectivity index (χ3n) is 29.1. The molecule has 0 saturated carbocycles. The van der Waals surface area contributed by atoms with Crippen molar-refractivity contribution in [2.75, 3.05) is 0 Å². The molecule has 21 aromatic carbocycles. The molecule has 4 aliphatic carbocycles. The highest BCUT2D eigenvalue weighted by Crippen LogP contribution is 2.57. The molecule has 0 unspecified atom stereocenters. The molecule has 0 aliphatic heterocycles. The molecule has 0 atom stereocenters. The third-order valence-corrected chi connectivity index (χ3v) is 29.1. The van der Waals surface area contributed by atoms with E-state index in [2.05, 4.69) is 456 Å². The zero-order valence-corrected chi connectivity index (χ0v) is 71.1. The van der Waals surface area contributed by atoms with Gasteiger partial charge in [-0.3, -0.25) is 0 Å². The van der Waals surface area contributed by atoms with Crippen molar-refractivity contribution in [1.82, 2.24) is 0 Å². The Morgan fingerprint density at radius 3 is 0.758 bits per heavy atom. The molecular formula is C124H90. The molecule has 0 saturated heterocycles. The van der Waals surface area contributed by atoms with E-state index in [1.54, 1.807) is 0 Å². The van der Waals surface area contributed by atoms with E-state index in [9.17, 15) is 0 Å². The highest BCUT2D eigenvalue weighted by Gasteiger charge is 2.40. The van der Waals surface area contributed by atoms with Crippen LogP contribution in [-0.4, -0.2) is 0 Å². The maximum Gasteiger partial charge on any atom is 0.0159 e. The van der Waals surface area contributed by atoms with Crippen molar-refractivity contribution in [1.29, 1.82) is 0 Å². The monoisotopic (exact) mass is 1580 g/mol. The van der Waals surface area contributed by atoms with E-state index in [1.165, 1.54) is 253 Å². The number of hydrogen-bond acceptors (Lipinski definition) is 0. The normalized spacial score (nSPS) is 14.2. The van der Waals surface area contributed by atoms with E-state index < -0.39 is 0 Å². The minimum atomic E-state index is -0.105. The van der Waals surface area contributed by atoms with Crippen molar-refractivity contribution in [3.8, 4) is 134 Å². The first kappa shape index (κ1) is 73.4. The third kappa shape index (κ3) is 11.1. The number of benzene rings is 21. The molecule has 0 heterocycles. The molecule has 0 radical (unpaired) electrons. The minimum Gasteiger partial charge on any atom is -0.0619 e. The largest absolute Gasteiger partial charge is 0.0619 e. The van der Waals surface area contributed by atoms with E-state index in [4.69, 9.17) is 0 Å². The van der Waals surface area contributed by atoms with Crippen LogP contribution in [0.4, 0.5) is 0 Å². The summed E-state index contributed by atoms with van der Waals surface area (Å²) >= 11 is 0. The molecule has 0 bridgehead atoms. The highest BCUT2D eigenvalue weighted by molar-refractivity contribution is 6.24. The lowest BCUT2D eigenvalue weighted by atomic mass is 9.80. The first-order valence-electron chi connectivity index (χ1n) is 44.1. The predicted molar refractivity (Wildman–Crippen MR) is 529 cm³/mol. The van der Waals surface area contributed by atoms with E-state index in [0.29, 0.717) is 0 Å². The van der Waals surface area contributed by atoms with Gasteiger partial charge in [0.05, 0.1) is 0 Å². The topological polar surface area (TPSA) is 0 Å². The molecular weight excluding hydrogens is 1490 g/mol. The minimum absolute atomic E-state index is 0.0722. The Bertz CT molecular complexity index is 8150. The van der Waals surface area contributed by atoms with Crippen molar-refractivity contribution in [3.05, 3.63) is 445 Å². The van der Waals surface area contributed by atoms with Crippen LogP contribution >= 0.6 is 0 Å². The molecule has 0 fully saturated rings. The molecule has 124 heavy (non-hydrogen) atoms. The molecule has 0 nitrogen and oxygen atoms in total. The van der Waals surface area contributed by atoms with E-state index in [-0.39, 0.29) is 21.7 Å². The lowest BCUT2D eigenvalue weighted by Gasteiger charge is -2.23. The van der Waals surface area contributed by atoms with Gasteiger partial charge in [0.25, 0.3) is 0 Å². The summed E-state index contributed by atoms with van der Waals surface area (Å²) in [6.07, 6.45) is 0. The van der Waals surface area contributed by atoms with Gasteiger partial charge in [-0.15, -0.1) is 0 Å². The van der Waals surface area contributed by atoms with Gasteiger partial charge < -0.3 is 0 Å². The molecule has 0 aromatic heterocycles. The molecule has 0 heteroatoms. The summed E-state index contributed by atoms with van der Waals surface area (Å²) in [6, 6.07) is 151. The summed E-state index contributed by atoms with van der Waals surface area (Å²) < 4.78 is 0. The van der Waals surface area contributed by atoms with Crippen LogP contribution in [-0.2, 0) is 21.7 Å². The first-order valence-corrected chi connectivity index (χ1v) is 44.1. The SMILES string of the molecule is CC1(C)c2ccccc2-c2ccc(-c3ccc4c(-c5ccc6cc(-c7cccc8ccccc78)ccc6c5)c5ccccc5c(-c5ccc6c(c5)C(C)(C)c5ccccc5-6)c4c3)cc21.CC1(C)c2ccccc2-c2ccc(-c3ccc4c(-c5cccc(-c6cccc7ccccc67)c5)c5ccccc5c(-c5ccc6c(c5)C(C)(C)c5ccccc5-6)c4c3)cc21. The molecule has 586 valence electrons. The van der Waals surface area contributed by atoms with Crippen molar-refractivity contribution < 1.29 is 0 Å². The summed E-state index contributed by atoms with van der Waals surface area (Å²) in [5.74, 6) is 0. The number of rotatable bonds is 8. The zero-order chi connectivity index (χ0) is 83.2. The first-order chi connectivity index (χ1) is 60.5. The van der Waals surface area contributed by atoms with Gasteiger partial charge in [0.1, 0.15) is 0 Å². The predicted octanol–water partition coefficient (Wildman–Crippen LogP) is 34.0. The van der Waals surface area contributed by atoms with Gasteiger partial charge in [-0.2, -0.15) is 0 Å². The van der Waals surface area contributed by atoms with Crippen LogP contribution in [0.5, 0.6) is 0 Å². The summed E-state index contributed by atoms with van der Waals surface area (Å²) in [7, 11) is 0. The molecule has 4 aliphatic rings. The molecule has 0 N–H and O–H groups in total. The Balaban J connectivity index is 0.000000140. The van der Waals surface area contributed by atoms with E-state index in [1.807, 2.05) is 0 Å². The second-order valence-electron chi connectivity index (χ2n) is 37.2. The Hall–Kier alpha value is -14.6. The fourth-order valence-corrected chi connectivity index (χ4v) is 22.8. The van der Waals surface area contributed by atoms with Gasteiger partial charge in [-0.05, 0) is 308 Å². The van der Waals surface area contributed by atoms with Gasteiger partial charge in [0.2, 0.25) is 0 Å². The molecule has 25 rings (SSSR count). The Morgan fingerprint density at radius 1 is 0.121 bits per heavy atom. The molecule has 0 spiro atoms. The van der Waals surface area contributed by atoms with E-state index in [0.717, 1.165) is 0 Å². The van der Waals surface area contributed by atoms with Crippen molar-refractivity contribution in [2.24, 2.45) is 0 Å². The number of hydrogen-bond donors (Lipinski definition) is 0. The van der Waals surface area contributed by atoms with Crippen LogP contribution in [0.3, 0.4) is 0 Å². The second kappa shape index (κ2) is 27.5. The average molecular weight is 1580 g/mol. The van der Waals surface area contributed by atoms with Gasteiger partial charge in [0, 0.05) is 21.7 Å². The lowest BCUT2D eigenvalue weighted by Crippen LogP contribution is -2.14. The van der Waals surface area contributed by atoms with Gasteiger partial charge in [0.15, 0.2) is 0 Å². The smallest absolute Gasteiger partial charge is 0.0159 e. The molecule has 0 amide bonds. The van der Waals surface area contributed by atoms with Crippen LogP contribution in [0, 0.1) is 0 Å². The Morgan fingerprint density at radius 2 is 0.355 bits per heavy atom.